The summed E-state index contributed by atoms with van der Waals surface area (Å²) in [5, 5.41) is 12.5. The molecule has 1 aliphatic carbocycles. The van der Waals surface area contributed by atoms with Gasteiger partial charge in [-0.2, -0.15) is 13.2 Å². The van der Waals surface area contributed by atoms with Crippen LogP contribution in [0.3, 0.4) is 0 Å². The van der Waals surface area contributed by atoms with Crippen LogP contribution in [0.4, 0.5) is 19.0 Å². The van der Waals surface area contributed by atoms with E-state index in [1.807, 2.05) is 0 Å². The lowest BCUT2D eigenvalue weighted by atomic mass is 10.0. The van der Waals surface area contributed by atoms with Crippen LogP contribution in [0.5, 0.6) is 0 Å². The minimum atomic E-state index is -4.49. The molecule has 0 unspecified atom stereocenters. The number of alkyl halides is 3. The van der Waals surface area contributed by atoms with Crippen molar-refractivity contribution in [2.24, 2.45) is 5.92 Å². The van der Waals surface area contributed by atoms with Crippen molar-refractivity contribution in [2.75, 3.05) is 5.06 Å². The van der Waals surface area contributed by atoms with Crippen molar-refractivity contribution in [3.8, 4) is 11.1 Å². The summed E-state index contributed by atoms with van der Waals surface area (Å²) in [6, 6.07) is 6.20. The van der Waals surface area contributed by atoms with Crippen molar-refractivity contribution in [2.45, 2.75) is 25.9 Å². The smallest absolute Gasteiger partial charge is 0.416 e. The number of amides is 1. The second-order valence-electron chi connectivity index (χ2n) is 5.87. The van der Waals surface area contributed by atoms with Gasteiger partial charge in [0.15, 0.2) is 0 Å². The molecule has 7 heteroatoms. The van der Waals surface area contributed by atoms with Gasteiger partial charge in [0, 0.05) is 17.7 Å². The number of carbonyl (C=O) groups is 1. The van der Waals surface area contributed by atoms with E-state index in [2.05, 4.69) is 4.98 Å². The molecular weight excluding hydrogens is 321 g/mol. The van der Waals surface area contributed by atoms with Crippen LogP contribution in [-0.2, 0) is 11.0 Å². The number of halogens is 3. The summed E-state index contributed by atoms with van der Waals surface area (Å²) in [4.78, 5) is 16.0. The first kappa shape index (κ1) is 16.4. The van der Waals surface area contributed by atoms with Crippen molar-refractivity contribution in [1.82, 2.24) is 4.98 Å². The van der Waals surface area contributed by atoms with Crippen LogP contribution in [0.1, 0.15) is 24.0 Å². The molecule has 0 atom stereocenters. The lowest BCUT2D eigenvalue weighted by Crippen LogP contribution is -2.27. The molecule has 1 amide bonds. The summed E-state index contributed by atoms with van der Waals surface area (Å²) < 4.78 is 38.8. The molecule has 4 nitrogen and oxygen atoms in total. The molecule has 24 heavy (non-hydrogen) atoms. The topological polar surface area (TPSA) is 56.3 Å². The number of hydrogen-bond acceptors (Lipinski definition) is 3. The van der Waals surface area contributed by atoms with Crippen LogP contribution in [0.15, 0.2) is 36.5 Å². The third-order valence-electron chi connectivity index (χ3n) is 3.82. The van der Waals surface area contributed by atoms with Gasteiger partial charge in [-0.3, -0.25) is 4.79 Å². The Hall–Kier alpha value is -2.41. The van der Waals surface area contributed by atoms with E-state index in [9.17, 15) is 23.2 Å². The van der Waals surface area contributed by atoms with Crippen molar-refractivity contribution < 1.29 is 18.0 Å². The fourth-order valence-corrected chi connectivity index (χ4v) is 2.40. The number of benzene rings is 1. The molecule has 2 aromatic rings. The average Bonchev–Trinajstić information content (AvgIpc) is 3.37. The second-order valence-corrected chi connectivity index (χ2v) is 5.87. The largest absolute Gasteiger partial charge is 0.751 e. The number of aryl methyl sites for hydroxylation is 1. The van der Waals surface area contributed by atoms with Gasteiger partial charge in [-0.15, -0.1) is 0 Å². The molecule has 0 aliphatic heterocycles. The number of hydrogen-bond donors (Lipinski definition) is 0. The fraction of sp³-hybridized carbons (Fsp3) is 0.294. The Kier molecular flexibility index (Phi) is 4.04. The van der Waals surface area contributed by atoms with Gasteiger partial charge >= 0.3 is 6.18 Å². The van der Waals surface area contributed by atoms with E-state index in [-0.39, 0.29) is 27.9 Å². The van der Waals surface area contributed by atoms with Gasteiger partial charge in [-0.05, 0) is 49.1 Å². The zero-order valence-electron chi connectivity index (χ0n) is 12.8. The van der Waals surface area contributed by atoms with Crippen molar-refractivity contribution in [3.63, 3.8) is 0 Å². The standard InChI is InChI=1S/C17H14F3N2O2/c1-10-7-14(12-3-2-4-13(8-12)17(18,19)20)15(21-9-10)22(24)16(23)11-5-6-11/h2-4,7-9,11H,5-6H2,1H3/q-1. The predicted molar refractivity (Wildman–Crippen MR) is 83.0 cm³/mol. The van der Waals surface area contributed by atoms with Crippen LogP contribution in [0, 0.1) is 18.0 Å². The highest BCUT2D eigenvalue weighted by Gasteiger charge is 2.33. The average molecular weight is 335 g/mol. The highest BCUT2D eigenvalue weighted by atomic mass is 19.4. The molecule has 0 spiro atoms. The van der Waals surface area contributed by atoms with Crippen molar-refractivity contribution in [1.29, 1.82) is 0 Å². The molecule has 0 N–H and O–H groups in total. The summed E-state index contributed by atoms with van der Waals surface area (Å²) in [5.74, 6) is -1.07. The van der Waals surface area contributed by atoms with Crippen LogP contribution in [-0.4, -0.2) is 10.9 Å². The summed E-state index contributed by atoms with van der Waals surface area (Å²) in [6.07, 6.45) is -1.77. The number of pyridine rings is 1. The van der Waals surface area contributed by atoms with Crippen LogP contribution in [0.25, 0.3) is 11.1 Å². The van der Waals surface area contributed by atoms with Gasteiger partial charge in [0.2, 0.25) is 5.91 Å². The first-order chi connectivity index (χ1) is 11.3. The molecule has 3 rings (SSSR count). The lowest BCUT2D eigenvalue weighted by Gasteiger charge is -2.29. The monoisotopic (exact) mass is 335 g/mol. The Balaban J connectivity index is 2.07. The van der Waals surface area contributed by atoms with Crippen molar-refractivity contribution >= 4 is 11.7 Å². The third-order valence-corrected chi connectivity index (χ3v) is 3.82. The maximum atomic E-state index is 12.9. The third kappa shape index (κ3) is 3.26. The van der Waals surface area contributed by atoms with Gasteiger partial charge < -0.3 is 10.3 Å². The second kappa shape index (κ2) is 5.90. The van der Waals surface area contributed by atoms with E-state index in [1.54, 1.807) is 13.0 Å². The Labute approximate surface area is 136 Å². The molecule has 0 bridgehead atoms. The Morgan fingerprint density at radius 1 is 1.29 bits per heavy atom. The molecule has 1 aromatic heterocycles. The zero-order chi connectivity index (χ0) is 17.5. The predicted octanol–water partition coefficient (Wildman–Crippen LogP) is 4.32. The maximum absolute atomic E-state index is 12.9. The number of aromatic nitrogens is 1. The van der Waals surface area contributed by atoms with Crippen LogP contribution < -0.4 is 5.06 Å². The summed E-state index contributed by atoms with van der Waals surface area (Å²) in [6.45, 7) is 1.71. The minimum Gasteiger partial charge on any atom is -0.751 e. The number of rotatable bonds is 3. The number of nitrogens with zero attached hydrogens (tertiary/aromatic N) is 2. The molecule has 1 aliphatic rings. The summed E-state index contributed by atoms with van der Waals surface area (Å²) >= 11 is 0. The van der Waals surface area contributed by atoms with Gasteiger partial charge in [0.1, 0.15) is 5.82 Å². The first-order valence-electron chi connectivity index (χ1n) is 7.43. The molecule has 1 fully saturated rings. The summed E-state index contributed by atoms with van der Waals surface area (Å²) in [7, 11) is 0. The number of carbonyl (C=O) groups excluding carboxylic acids is 1. The highest BCUT2D eigenvalue weighted by molar-refractivity contribution is 5.99. The molecule has 1 heterocycles. The van der Waals surface area contributed by atoms with Gasteiger partial charge in [-0.1, -0.05) is 12.1 Å². The van der Waals surface area contributed by atoms with Crippen molar-refractivity contribution in [3.05, 3.63) is 52.9 Å². The van der Waals surface area contributed by atoms with Crippen LogP contribution in [0.2, 0.25) is 0 Å². The molecule has 1 saturated carbocycles. The van der Waals surface area contributed by atoms with E-state index in [0.717, 1.165) is 12.1 Å². The molecule has 1 aromatic carbocycles. The first-order valence-corrected chi connectivity index (χ1v) is 7.43. The number of anilines is 1. The van der Waals surface area contributed by atoms with E-state index in [0.29, 0.717) is 18.4 Å². The van der Waals surface area contributed by atoms with E-state index in [1.165, 1.54) is 18.3 Å². The minimum absolute atomic E-state index is 0.170. The number of hydroxylamine groups is 1. The molecule has 126 valence electrons. The SMILES string of the molecule is Cc1cnc(N([O-])C(=O)C2CC2)c(-c2cccc(C(F)(F)F)c2)c1. The van der Waals surface area contributed by atoms with E-state index in [4.69, 9.17) is 0 Å². The van der Waals surface area contributed by atoms with Gasteiger partial charge in [-0.25, -0.2) is 4.98 Å². The van der Waals surface area contributed by atoms with E-state index < -0.39 is 17.6 Å². The quantitative estimate of drug-likeness (QED) is 0.785. The van der Waals surface area contributed by atoms with Crippen LogP contribution >= 0.6 is 0 Å². The fourth-order valence-electron chi connectivity index (χ4n) is 2.40. The lowest BCUT2D eigenvalue weighted by molar-refractivity contribution is -0.137. The molecule has 0 radical (unpaired) electrons. The Morgan fingerprint density at radius 2 is 2.00 bits per heavy atom. The highest BCUT2D eigenvalue weighted by Crippen LogP contribution is 2.37. The maximum Gasteiger partial charge on any atom is 0.416 e. The zero-order valence-corrected chi connectivity index (χ0v) is 12.8. The van der Waals surface area contributed by atoms with E-state index >= 15 is 0 Å². The van der Waals surface area contributed by atoms with Gasteiger partial charge in [0.25, 0.3) is 0 Å². The normalized spacial score (nSPS) is 14.5. The molecule has 0 saturated heterocycles. The molecular formula is C17H14F3N2O2-. The Bertz CT molecular complexity index is 786. The van der Waals surface area contributed by atoms with Gasteiger partial charge in [0.05, 0.1) is 5.56 Å². The summed E-state index contributed by atoms with van der Waals surface area (Å²) in [5.41, 5.74) is 0.266. The Morgan fingerprint density at radius 3 is 2.62 bits per heavy atom.